The van der Waals surface area contributed by atoms with Crippen LogP contribution in [0.4, 0.5) is 0 Å². The van der Waals surface area contributed by atoms with Crippen molar-refractivity contribution in [3.8, 4) is 5.75 Å². The summed E-state index contributed by atoms with van der Waals surface area (Å²) >= 11 is 0. The van der Waals surface area contributed by atoms with Crippen LogP contribution in [0.1, 0.15) is 26.8 Å². The minimum Gasteiger partial charge on any atom is -0.490 e. The smallest absolute Gasteiger partial charge is 0.232 e. The highest BCUT2D eigenvalue weighted by Gasteiger charge is 2.13. The van der Waals surface area contributed by atoms with Gasteiger partial charge in [0.1, 0.15) is 0 Å². The zero-order valence-corrected chi connectivity index (χ0v) is 11.7. The molecular formula is C10H17ClN2O3S. The van der Waals surface area contributed by atoms with Crippen molar-refractivity contribution in [2.24, 2.45) is 5.92 Å². The van der Waals surface area contributed by atoms with E-state index in [4.69, 9.17) is 15.4 Å². The molecule has 1 heterocycles. The van der Waals surface area contributed by atoms with Crippen molar-refractivity contribution in [2.75, 3.05) is 12.4 Å². The van der Waals surface area contributed by atoms with Crippen molar-refractivity contribution in [2.45, 2.75) is 26.8 Å². The van der Waals surface area contributed by atoms with Crippen molar-refractivity contribution in [1.29, 1.82) is 0 Å². The second kappa shape index (κ2) is 5.73. The SMILES string of the molecule is CC(COc1cnn(C(C)C)c1)CS(=O)(=O)Cl. The van der Waals surface area contributed by atoms with Gasteiger partial charge >= 0.3 is 0 Å². The Bertz CT molecular complexity index is 456. The Kier molecular flexibility index (Phi) is 4.82. The van der Waals surface area contributed by atoms with Gasteiger partial charge in [0.15, 0.2) is 5.75 Å². The van der Waals surface area contributed by atoms with Crippen LogP contribution in [0.15, 0.2) is 12.4 Å². The molecule has 0 aromatic carbocycles. The molecule has 0 amide bonds. The van der Waals surface area contributed by atoms with Gasteiger partial charge in [0.25, 0.3) is 0 Å². The topological polar surface area (TPSA) is 61.2 Å². The third-order valence-electron chi connectivity index (χ3n) is 2.13. The van der Waals surface area contributed by atoms with E-state index in [1.165, 1.54) is 0 Å². The van der Waals surface area contributed by atoms with Crippen LogP contribution in [0.3, 0.4) is 0 Å². The van der Waals surface area contributed by atoms with Gasteiger partial charge in [-0.05, 0) is 13.8 Å². The Morgan fingerprint density at radius 2 is 2.12 bits per heavy atom. The first-order valence-corrected chi connectivity index (χ1v) is 7.85. The molecule has 0 N–H and O–H groups in total. The summed E-state index contributed by atoms with van der Waals surface area (Å²) in [6, 6.07) is 0.271. The molecule has 7 heteroatoms. The number of nitrogens with zero attached hydrogens (tertiary/aromatic N) is 2. The third kappa shape index (κ3) is 5.41. The van der Waals surface area contributed by atoms with Gasteiger partial charge in [-0.3, -0.25) is 4.68 Å². The zero-order valence-electron chi connectivity index (χ0n) is 10.1. The molecule has 0 bridgehead atoms. The summed E-state index contributed by atoms with van der Waals surface area (Å²) in [4.78, 5) is 0. The van der Waals surface area contributed by atoms with E-state index in [-0.39, 0.29) is 17.7 Å². The Morgan fingerprint density at radius 3 is 2.59 bits per heavy atom. The fourth-order valence-corrected chi connectivity index (χ4v) is 2.73. The van der Waals surface area contributed by atoms with E-state index in [0.29, 0.717) is 12.4 Å². The average Bonchev–Trinajstić information content (AvgIpc) is 2.60. The lowest BCUT2D eigenvalue weighted by Crippen LogP contribution is -2.16. The number of rotatable bonds is 6. The zero-order chi connectivity index (χ0) is 13.1. The van der Waals surface area contributed by atoms with E-state index < -0.39 is 9.05 Å². The van der Waals surface area contributed by atoms with Crippen molar-refractivity contribution < 1.29 is 13.2 Å². The van der Waals surface area contributed by atoms with Crippen LogP contribution < -0.4 is 4.74 Å². The summed E-state index contributed by atoms with van der Waals surface area (Å²) in [5.74, 6) is 0.393. The van der Waals surface area contributed by atoms with Crippen molar-refractivity contribution in [1.82, 2.24) is 9.78 Å². The average molecular weight is 281 g/mol. The number of hydrogen-bond donors (Lipinski definition) is 0. The molecule has 5 nitrogen and oxygen atoms in total. The Hall–Kier alpha value is -0.750. The molecule has 0 fully saturated rings. The maximum atomic E-state index is 10.8. The quantitative estimate of drug-likeness (QED) is 0.748. The fraction of sp³-hybridized carbons (Fsp3) is 0.700. The number of ether oxygens (including phenoxy) is 1. The minimum atomic E-state index is -3.46. The number of hydrogen-bond acceptors (Lipinski definition) is 4. The number of halogens is 1. The van der Waals surface area contributed by atoms with Gasteiger partial charge in [-0.1, -0.05) is 6.92 Å². The standard InChI is InChI=1S/C10H17ClN2O3S/c1-8(2)13-5-10(4-12-13)16-6-9(3)7-17(11,14)15/h4-5,8-9H,6-7H2,1-3H3. The predicted molar refractivity (Wildman–Crippen MR) is 66.9 cm³/mol. The molecule has 1 aromatic rings. The maximum absolute atomic E-state index is 10.8. The summed E-state index contributed by atoms with van der Waals surface area (Å²) in [6.45, 7) is 6.10. The molecule has 17 heavy (non-hydrogen) atoms. The van der Waals surface area contributed by atoms with E-state index >= 15 is 0 Å². The third-order valence-corrected chi connectivity index (χ3v) is 3.47. The Morgan fingerprint density at radius 1 is 1.47 bits per heavy atom. The van der Waals surface area contributed by atoms with Crippen molar-refractivity contribution in [3.05, 3.63) is 12.4 Å². The first-order valence-electron chi connectivity index (χ1n) is 5.37. The molecule has 1 aromatic heterocycles. The molecule has 0 aliphatic rings. The Balaban J connectivity index is 2.44. The van der Waals surface area contributed by atoms with Crippen LogP contribution in [-0.2, 0) is 9.05 Å². The van der Waals surface area contributed by atoms with Gasteiger partial charge in [0, 0.05) is 22.6 Å². The summed E-state index contributed by atoms with van der Waals surface area (Å²) in [6.07, 6.45) is 3.40. The normalized spacial score (nSPS) is 13.9. The van der Waals surface area contributed by atoms with Crippen molar-refractivity contribution >= 4 is 19.7 Å². The van der Waals surface area contributed by atoms with Gasteiger partial charge in [0.05, 0.1) is 24.8 Å². The van der Waals surface area contributed by atoms with Crippen LogP contribution in [0, 0.1) is 5.92 Å². The highest BCUT2D eigenvalue weighted by atomic mass is 35.7. The van der Waals surface area contributed by atoms with Crippen LogP contribution in [0.5, 0.6) is 5.75 Å². The lowest BCUT2D eigenvalue weighted by Gasteiger charge is -2.09. The molecule has 0 aliphatic heterocycles. The summed E-state index contributed by atoms with van der Waals surface area (Å²) in [5.41, 5.74) is 0. The lowest BCUT2D eigenvalue weighted by molar-refractivity contribution is 0.271. The molecule has 0 spiro atoms. The van der Waals surface area contributed by atoms with Crippen LogP contribution in [0.2, 0.25) is 0 Å². The number of aromatic nitrogens is 2. The predicted octanol–water partition coefficient (Wildman–Crippen LogP) is 2.05. The van der Waals surface area contributed by atoms with E-state index in [9.17, 15) is 8.42 Å². The second-order valence-corrected chi connectivity index (χ2v) is 7.19. The first-order chi connectivity index (χ1) is 7.78. The molecule has 1 atom stereocenters. The summed E-state index contributed by atoms with van der Waals surface area (Å²) in [7, 11) is 1.69. The molecule has 1 rings (SSSR count). The van der Waals surface area contributed by atoms with E-state index in [1.807, 2.05) is 13.8 Å². The highest BCUT2D eigenvalue weighted by Crippen LogP contribution is 2.14. The van der Waals surface area contributed by atoms with Gasteiger partial charge in [-0.25, -0.2) is 8.42 Å². The van der Waals surface area contributed by atoms with E-state index in [2.05, 4.69) is 5.10 Å². The largest absolute Gasteiger partial charge is 0.490 e. The molecule has 98 valence electrons. The van der Waals surface area contributed by atoms with Crippen LogP contribution in [0.25, 0.3) is 0 Å². The second-order valence-electron chi connectivity index (χ2n) is 4.37. The molecule has 0 aliphatic carbocycles. The van der Waals surface area contributed by atoms with E-state index in [0.717, 1.165) is 0 Å². The van der Waals surface area contributed by atoms with Gasteiger partial charge in [0.2, 0.25) is 9.05 Å². The van der Waals surface area contributed by atoms with E-state index in [1.54, 1.807) is 24.0 Å². The van der Waals surface area contributed by atoms with Gasteiger partial charge in [-0.15, -0.1) is 0 Å². The minimum absolute atomic E-state index is 0.0904. The van der Waals surface area contributed by atoms with Gasteiger partial charge in [-0.2, -0.15) is 5.10 Å². The van der Waals surface area contributed by atoms with Crippen LogP contribution >= 0.6 is 10.7 Å². The molecule has 0 saturated carbocycles. The molecule has 0 saturated heterocycles. The fourth-order valence-electron chi connectivity index (χ4n) is 1.30. The summed E-state index contributed by atoms with van der Waals surface area (Å²) < 4.78 is 28.9. The summed E-state index contributed by atoms with van der Waals surface area (Å²) in [5, 5.41) is 4.12. The lowest BCUT2D eigenvalue weighted by atomic mass is 10.2. The maximum Gasteiger partial charge on any atom is 0.232 e. The first kappa shape index (κ1) is 14.3. The molecule has 1 unspecified atom stereocenters. The van der Waals surface area contributed by atoms with Crippen LogP contribution in [-0.4, -0.2) is 30.6 Å². The molecular weight excluding hydrogens is 264 g/mol. The Labute approximate surface area is 106 Å². The monoisotopic (exact) mass is 280 g/mol. The highest BCUT2D eigenvalue weighted by molar-refractivity contribution is 8.13. The van der Waals surface area contributed by atoms with Gasteiger partial charge < -0.3 is 4.74 Å². The van der Waals surface area contributed by atoms with Crippen molar-refractivity contribution in [3.63, 3.8) is 0 Å². The molecule has 0 radical (unpaired) electrons.